The number of carbonyl (C=O) groups is 1. The molecule has 1 heterocycles. The molecule has 1 N–H and O–H groups in total. The van der Waals surface area contributed by atoms with Gasteiger partial charge in [0.1, 0.15) is 16.5 Å². The summed E-state index contributed by atoms with van der Waals surface area (Å²) in [5, 5.41) is 9.95. The first-order valence-electron chi connectivity index (χ1n) is 6.58. The van der Waals surface area contributed by atoms with Crippen LogP contribution in [0.5, 0.6) is 17.4 Å². The van der Waals surface area contributed by atoms with E-state index < -0.39 is 12.1 Å². The fraction of sp³-hybridized carbons (Fsp3) is 0.200. The molecular formula is C15H12Cl3NO4. The number of nitrogens with zero attached hydrogens (tertiary/aromatic N) is 1. The average molecular weight is 377 g/mol. The predicted molar refractivity (Wildman–Crippen MR) is 88.1 cm³/mol. The zero-order chi connectivity index (χ0) is 17.0. The molecule has 0 fully saturated rings. The second kappa shape index (κ2) is 7.73. The minimum atomic E-state index is -1.07. The average Bonchev–Trinajstić information content (AvgIpc) is 2.50. The molecule has 1 aromatic heterocycles. The maximum absolute atomic E-state index is 11.1. The molecule has 122 valence electrons. The third kappa shape index (κ3) is 4.64. The highest BCUT2D eigenvalue weighted by molar-refractivity contribution is 6.35. The Morgan fingerprint density at radius 1 is 1.26 bits per heavy atom. The molecule has 8 heteroatoms. The Morgan fingerprint density at radius 3 is 2.61 bits per heavy atom. The first-order valence-corrected chi connectivity index (χ1v) is 7.72. The topological polar surface area (TPSA) is 68.7 Å². The lowest BCUT2D eigenvalue weighted by molar-refractivity contribution is -0.145. The van der Waals surface area contributed by atoms with Crippen LogP contribution in [-0.2, 0) is 4.79 Å². The minimum Gasteiger partial charge on any atom is -0.479 e. The molecule has 1 atom stereocenters. The smallest absolute Gasteiger partial charge is 0.344 e. The molecule has 0 spiro atoms. The number of hydrogen-bond acceptors (Lipinski definition) is 4. The zero-order valence-corrected chi connectivity index (χ0v) is 14.2. The first-order chi connectivity index (χ1) is 10.9. The van der Waals surface area contributed by atoms with E-state index in [0.29, 0.717) is 17.2 Å². The van der Waals surface area contributed by atoms with Gasteiger partial charge in [-0.05, 0) is 24.6 Å². The quantitative estimate of drug-likeness (QED) is 0.761. The van der Waals surface area contributed by atoms with E-state index in [9.17, 15) is 4.79 Å². The van der Waals surface area contributed by atoms with E-state index in [4.69, 9.17) is 49.4 Å². The van der Waals surface area contributed by atoms with Gasteiger partial charge in [-0.3, -0.25) is 0 Å². The van der Waals surface area contributed by atoms with Crippen LogP contribution in [0.1, 0.15) is 13.3 Å². The van der Waals surface area contributed by atoms with E-state index in [1.807, 2.05) is 0 Å². The van der Waals surface area contributed by atoms with Crippen molar-refractivity contribution in [3.63, 3.8) is 0 Å². The van der Waals surface area contributed by atoms with Crippen LogP contribution in [-0.4, -0.2) is 22.2 Å². The van der Waals surface area contributed by atoms with Crippen LogP contribution in [0.4, 0.5) is 0 Å². The number of ether oxygens (including phenoxy) is 2. The molecule has 2 aromatic rings. The minimum absolute atomic E-state index is 0.162. The molecule has 0 aliphatic rings. The van der Waals surface area contributed by atoms with Gasteiger partial charge >= 0.3 is 5.97 Å². The number of carboxylic acids is 1. The predicted octanol–water partition coefficient (Wildman–Crippen LogP) is 5.08. The second-order valence-corrected chi connectivity index (χ2v) is 5.74. The summed E-state index contributed by atoms with van der Waals surface area (Å²) in [5.74, 6) is -0.364. The molecule has 0 saturated heterocycles. The normalized spacial score (nSPS) is 11.8. The summed E-state index contributed by atoms with van der Waals surface area (Å²) in [7, 11) is 0. The van der Waals surface area contributed by atoms with Crippen molar-refractivity contribution < 1.29 is 19.4 Å². The van der Waals surface area contributed by atoms with Crippen LogP contribution in [0.3, 0.4) is 0 Å². The maximum atomic E-state index is 11.1. The highest BCUT2D eigenvalue weighted by Crippen LogP contribution is 2.34. The van der Waals surface area contributed by atoms with Gasteiger partial charge in [-0.25, -0.2) is 9.78 Å². The van der Waals surface area contributed by atoms with Gasteiger partial charge in [-0.2, -0.15) is 0 Å². The number of benzene rings is 1. The Morgan fingerprint density at radius 2 is 2.00 bits per heavy atom. The Labute approximate surface area is 147 Å². The molecule has 1 unspecified atom stereocenters. The van der Waals surface area contributed by atoms with Gasteiger partial charge in [0.25, 0.3) is 0 Å². The number of carboxylic acid groups (broad SMARTS) is 1. The van der Waals surface area contributed by atoms with E-state index in [2.05, 4.69) is 4.98 Å². The van der Waals surface area contributed by atoms with Gasteiger partial charge < -0.3 is 14.6 Å². The van der Waals surface area contributed by atoms with E-state index >= 15 is 0 Å². The molecule has 23 heavy (non-hydrogen) atoms. The van der Waals surface area contributed by atoms with Gasteiger partial charge in [0.15, 0.2) is 6.10 Å². The Hall–Kier alpha value is -1.69. The lowest BCUT2D eigenvalue weighted by Crippen LogP contribution is -2.26. The van der Waals surface area contributed by atoms with Crippen molar-refractivity contribution in [3.8, 4) is 17.4 Å². The number of pyridine rings is 1. The molecule has 0 bridgehead atoms. The fourth-order valence-corrected chi connectivity index (χ4v) is 2.27. The van der Waals surface area contributed by atoms with Gasteiger partial charge in [-0.15, -0.1) is 0 Å². The van der Waals surface area contributed by atoms with Crippen LogP contribution < -0.4 is 9.47 Å². The second-order valence-electron chi connectivity index (χ2n) is 4.49. The van der Waals surface area contributed by atoms with Crippen LogP contribution in [0, 0.1) is 0 Å². The number of aromatic nitrogens is 1. The number of aliphatic carboxylic acids is 1. The Bertz CT molecular complexity index is 724. The summed E-state index contributed by atoms with van der Waals surface area (Å²) in [6, 6.07) is 6.09. The number of hydrogen-bond donors (Lipinski definition) is 1. The van der Waals surface area contributed by atoms with E-state index in [1.165, 1.54) is 24.4 Å². The van der Waals surface area contributed by atoms with Gasteiger partial charge in [0.2, 0.25) is 5.88 Å². The summed E-state index contributed by atoms with van der Waals surface area (Å²) in [4.78, 5) is 15.0. The molecule has 5 nitrogen and oxygen atoms in total. The molecule has 0 amide bonds. The van der Waals surface area contributed by atoms with Crippen LogP contribution in [0.2, 0.25) is 15.1 Å². The molecule has 2 rings (SSSR count). The summed E-state index contributed by atoms with van der Waals surface area (Å²) in [6.45, 7) is 1.70. The van der Waals surface area contributed by atoms with Crippen molar-refractivity contribution in [3.05, 3.63) is 45.5 Å². The molecule has 0 saturated carbocycles. The van der Waals surface area contributed by atoms with Crippen molar-refractivity contribution in [2.45, 2.75) is 19.4 Å². The summed E-state index contributed by atoms with van der Waals surface area (Å²) in [5.41, 5.74) is 0. The molecular weight excluding hydrogens is 365 g/mol. The molecule has 0 aliphatic carbocycles. The summed E-state index contributed by atoms with van der Waals surface area (Å²) < 4.78 is 10.9. The fourth-order valence-electron chi connectivity index (χ4n) is 1.69. The number of rotatable bonds is 6. The molecule has 1 aromatic carbocycles. The maximum Gasteiger partial charge on any atom is 0.344 e. The third-order valence-electron chi connectivity index (χ3n) is 2.81. The van der Waals surface area contributed by atoms with E-state index in [1.54, 1.807) is 13.0 Å². The standard InChI is InChI=1S/C15H12Cl3NO4/c1-2-12(15(20)21)23-13-6-9(3-4-10(13)17)22-14-11(18)5-8(16)7-19-14/h3-7,12H,2H2,1H3,(H,20,21). The Balaban J connectivity index is 2.24. The van der Waals surface area contributed by atoms with Crippen LogP contribution in [0.15, 0.2) is 30.5 Å². The highest BCUT2D eigenvalue weighted by atomic mass is 35.5. The molecule has 0 radical (unpaired) electrons. The zero-order valence-electron chi connectivity index (χ0n) is 11.9. The monoisotopic (exact) mass is 375 g/mol. The first kappa shape index (κ1) is 17.7. The van der Waals surface area contributed by atoms with E-state index in [-0.39, 0.29) is 21.7 Å². The van der Waals surface area contributed by atoms with Gasteiger partial charge in [-0.1, -0.05) is 41.7 Å². The van der Waals surface area contributed by atoms with Crippen molar-refractivity contribution in [2.75, 3.05) is 0 Å². The van der Waals surface area contributed by atoms with Crippen molar-refractivity contribution >= 4 is 40.8 Å². The van der Waals surface area contributed by atoms with Gasteiger partial charge in [0.05, 0.1) is 10.0 Å². The van der Waals surface area contributed by atoms with Crippen molar-refractivity contribution in [1.29, 1.82) is 0 Å². The SMILES string of the molecule is CCC(Oc1cc(Oc2ncc(Cl)cc2Cl)ccc1Cl)C(=O)O. The molecule has 0 aliphatic heterocycles. The lowest BCUT2D eigenvalue weighted by atomic mass is 10.2. The van der Waals surface area contributed by atoms with Gasteiger partial charge in [0, 0.05) is 12.3 Å². The number of halogens is 3. The van der Waals surface area contributed by atoms with E-state index in [0.717, 1.165) is 0 Å². The Kier molecular flexibility index (Phi) is 5.93. The lowest BCUT2D eigenvalue weighted by Gasteiger charge is -2.15. The van der Waals surface area contributed by atoms with Crippen molar-refractivity contribution in [2.24, 2.45) is 0 Å². The highest BCUT2D eigenvalue weighted by Gasteiger charge is 2.19. The summed E-state index contributed by atoms with van der Waals surface area (Å²) >= 11 is 17.8. The largest absolute Gasteiger partial charge is 0.479 e. The van der Waals surface area contributed by atoms with Crippen LogP contribution in [0.25, 0.3) is 0 Å². The third-order valence-corrected chi connectivity index (χ3v) is 3.60. The van der Waals surface area contributed by atoms with Crippen LogP contribution >= 0.6 is 34.8 Å². The van der Waals surface area contributed by atoms with Crippen molar-refractivity contribution in [1.82, 2.24) is 4.98 Å². The summed E-state index contributed by atoms with van der Waals surface area (Å²) in [6.07, 6.45) is 0.689.